The van der Waals surface area contributed by atoms with Crippen LogP contribution >= 0.6 is 0 Å². The molecule has 0 bridgehead atoms. The van der Waals surface area contributed by atoms with E-state index in [9.17, 15) is 9.90 Å². The highest BCUT2D eigenvalue weighted by Crippen LogP contribution is 2.41. The highest BCUT2D eigenvalue weighted by molar-refractivity contribution is 5.91. The number of aliphatic hydroxyl groups is 1. The molecule has 0 saturated carbocycles. The first kappa shape index (κ1) is 11.9. The average molecular weight is 250 g/mol. The van der Waals surface area contributed by atoms with E-state index in [2.05, 4.69) is 12.7 Å². The van der Waals surface area contributed by atoms with Gasteiger partial charge in [-0.25, -0.2) is 4.79 Å². The molecule has 0 aromatic carbocycles. The third kappa shape index (κ3) is 1.89. The van der Waals surface area contributed by atoms with Crippen LogP contribution < -0.4 is 0 Å². The summed E-state index contributed by atoms with van der Waals surface area (Å²) < 4.78 is 10.8. The molecule has 0 aromatic rings. The Morgan fingerprint density at radius 1 is 1.44 bits per heavy atom. The summed E-state index contributed by atoms with van der Waals surface area (Å²) in [6.07, 6.45) is 3.71. The molecular formula is C14H18O4. The fraction of sp³-hybridized carbons (Fsp3) is 0.643. The van der Waals surface area contributed by atoms with Crippen molar-refractivity contribution in [1.29, 1.82) is 0 Å². The van der Waals surface area contributed by atoms with Crippen molar-refractivity contribution >= 4 is 5.97 Å². The molecule has 3 rings (SSSR count). The molecule has 2 unspecified atom stereocenters. The zero-order valence-corrected chi connectivity index (χ0v) is 10.5. The monoisotopic (exact) mass is 250 g/mol. The summed E-state index contributed by atoms with van der Waals surface area (Å²) in [7, 11) is 0. The predicted octanol–water partition coefficient (Wildman–Crippen LogP) is 1.34. The van der Waals surface area contributed by atoms with Crippen molar-refractivity contribution in [1.82, 2.24) is 0 Å². The third-order valence-corrected chi connectivity index (χ3v) is 4.12. The Morgan fingerprint density at radius 2 is 2.22 bits per heavy atom. The van der Waals surface area contributed by atoms with Crippen molar-refractivity contribution in [3.63, 3.8) is 0 Å². The Balaban J connectivity index is 1.89. The lowest BCUT2D eigenvalue weighted by Crippen LogP contribution is -2.34. The average Bonchev–Trinajstić information content (AvgIpc) is 3.01. The summed E-state index contributed by atoms with van der Waals surface area (Å²) in [6.45, 7) is 5.80. The van der Waals surface area contributed by atoms with Gasteiger partial charge in [0.1, 0.15) is 12.2 Å². The van der Waals surface area contributed by atoms with E-state index in [0.717, 1.165) is 12.8 Å². The van der Waals surface area contributed by atoms with Crippen LogP contribution in [-0.2, 0) is 14.3 Å². The quantitative estimate of drug-likeness (QED) is 0.305. The van der Waals surface area contributed by atoms with E-state index in [1.165, 1.54) is 5.57 Å². The Morgan fingerprint density at radius 3 is 3.00 bits per heavy atom. The van der Waals surface area contributed by atoms with Crippen molar-refractivity contribution in [2.45, 2.75) is 50.6 Å². The van der Waals surface area contributed by atoms with Gasteiger partial charge in [0.15, 0.2) is 0 Å². The van der Waals surface area contributed by atoms with Crippen LogP contribution in [0.4, 0.5) is 0 Å². The Hall–Kier alpha value is -1.13. The second-order valence-corrected chi connectivity index (χ2v) is 5.46. The minimum Gasteiger partial charge on any atom is -0.458 e. The zero-order chi connectivity index (χ0) is 12.9. The van der Waals surface area contributed by atoms with Gasteiger partial charge in [-0.1, -0.05) is 18.2 Å². The van der Waals surface area contributed by atoms with E-state index in [-0.39, 0.29) is 30.2 Å². The molecule has 2 heterocycles. The van der Waals surface area contributed by atoms with Crippen molar-refractivity contribution in [3.8, 4) is 0 Å². The number of rotatable bonds is 0. The SMILES string of the molecule is C=C1C(=O)O[C@@H]2C/C(C)=C\CCC3OC3[C@H](O)[C@H]12. The van der Waals surface area contributed by atoms with Gasteiger partial charge in [-0.05, 0) is 19.8 Å². The Kier molecular flexibility index (Phi) is 2.79. The molecular weight excluding hydrogens is 232 g/mol. The number of ether oxygens (including phenoxy) is 2. The van der Waals surface area contributed by atoms with Crippen LogP contribution in [0, 0.1) is 5.92 Å². The number of hydrogen-bond donors (Lipinski definition) is 1. The molecule has 4 heteroatoms. The highest BCUT2D eigenvalue weighted by atomic mass is 16.6. The molecule has 2 aliphatic heterocycles. The fourth-order valence-corrected chi connectivity index (χ4v) is 3.03. The molecule has 4 nitrogen and oxygen atoms in total. The van der Waals surface area contributed by atoms with Gasteiger partial charge in [0.2, 0.25) is 0 Å². The summed E-state index contributed by atoms with van der Waals surface area (Å²) in [5, 5.41) is 10.3. The molecule has 3 aliphatic rings. The fourth-order valence-electron chi connectivity index (χ4n) is 3.03. The van der Waals surface area contributed by atoms with Gasteiger partial charge in [-0.2, -0.15) is 0 Å². The Bertz CT molecular complexity index is 426. The number of aliphatic hydroxyl groups excluding tert-OH is 1. The molecule has 0 radical (unpaired) electrons. The molecule has 1 aliphatic carbocycles. The molecule has 18 heavy (non-hydrogen) atoms. The van der Waals surface area contributed by atoms with Crippen molar-refractivity contribution < 1.29 is 19.4 Å². The van der Waals surface area contributed by atoms with E-state index >= 15 is 0 Å². The van der Waals surface area contributed by atoms with Crippen molar-refractivity contribution in [2.75, 3.05) is 0 Å². The Labute approximate surface area is 106 Å². The van der Waals surface area contributed by atoms with E-state index in [1.54, 1.807) is 0 Å². The van der Waals surface area contributed by atoms with Gasteiger partial charge < -0.3 is 14.6 Å². The molecule has 0 spiro atoms. The molecule has 2 saturated heterocycles. The maximum atomic E-state index is 11.6. The van der Waals surface area contributed by atoms with E-state index in [1.807, 2.05) is 6.92 Å². The minimum absolute atomic E-state index is 0.117. The van der Waals surface area contributed by atoms with E-state index in [4.69, 9.17) is 9.47 Å². The minimum atomic E-state index is -0.676. The molecule has 5 atom stereocenters. The van der Waals surface area contributed by atoms with Gasteiger partial charge >= 0.3 is 5.97 Å². The highest BCUT2D eigenvalue weighted by Gasteiger charge is 2.53. The van der Waals surface area contributed by atoms with Gasteiger partial charge in [-0.3, -0.25) is 0 Å². The van der Waals surface area contributed by atoms with Crippen molar-refractivity contribution in [2.24, 2.45) is 5.92 Å². The standard InChI is InChI=1S/C14H18O4/c1-7-4-3-5-9-13(17-9)12(15)11-8(2)14(16)18-10(11)6-7/h4,9-13,15H,2-3,5-6H2,1H3/b7-4-/t9?,10-,11-,12-,13?/m1/s1. The van der Waals surface area contributed by atoms with E-state index < -0.39 is 6.10 Å². The number of carbonyl (C=O) groups is 1. The lowest BCUT2D eigenvalue weighted by molar-refractivity contribution is -0.139. The molecule has 1 N–H and O–H groups in total. The number of esters is 1. The number of epoxide rings is 1. The summed E-state index contributed by atoms with van der Waals surface area (Å²) in [5.41, 5.74) is 1.58. The molecule has 2 fully saturated rings. The first-order valence-electron chi connectivity index (χ1n) is 6.47. The summed E-state index contributed by atoms with van der Waals surface area (Å²) in [4.78, 5) is 11.6. The van der Waals surface area contributed by atoms with Crippen LogP contribution in [0.1, 0.15) is 26.2 Å². The van der Waals surface area contributed by atoms with Crippen LogP contribution in [-0.4, -0.2) is 35.5 Å². The number of fused-ring (bicyclic) bond motifs is 2. The zero-order valence-electron chi connectivity index (χ0n) is 10.5. The number of allylic oxidation sites excluding steroid dienone is 1. The number of hydrogen-bond acceptors (Lipinski definition) is 4. The first-order valence-corrected chi connectivity index (χ1v) is 6.47. The van der Waals surface area contributed by atoms with Crippen molar-refractivity contribution in [3.05, 3.63) is 23.8 Å². The van der Waals surface area contributed by atoms with Gasteiger partial charge in [0.05, 0.1) is 18.1 Å². The van der Waals surface area contributed by atoms with Crippen LogP contribution in [0.25, 0.3) is 0 Å². The lowest BCUT2D eigenvalue weighted by atomic mass is 9.84. The summed E-state index contributed by atoms with van der Waals surface area (Å²) in [5.74, 6) is -0.706. The second kappa shape index (κ2) is 4.21. The predicted molar refractivity (Wildman–Crippen MR) is 64.8 cm³/mol. The van der Waals surface area contributed by atoms with Gasteiger partial charge in [0.25, 0.3) is 0 Å². The largest absolute Gasteiger partial charge is 0.458 e. The maximum Gasteiger partial charge on any atom is 0.334 e. The summed E-state index contributed by atoms with van der Waals surface area (Å²) >= 11 is 0. The maximum absolute atomic E-state index is 11.6. The molecule has 0 amide bonds. The number of carbonyl (C=O) groups excluding carboxylic acids is 1. The van der Waals surface area contributed by atoms with Gasteiger partial charge in [-0.15, -0.1) is 0 Å². The lowest BCUT2D eigenvalue weighted by Gasteiger charge is -2.22. The normalized spacial score (nSPS) is 46.6. The summed E-state index contributed by atoms with van der Waals surface area (Å²) in [6, 6.07) is 0. The second-order valence-electron chi connectivity index (χ2n) is 5.46. The van der Waals surface area contributed by atoms with E-state index in [0.29, 0.717) is 12.0 Å². The topological polar surface area (TPSA) is 59.1 Å². The third-order valence-electron chi connectivity index (χ3n) is 4.12. The molecule has 0 aromatic heterocycles. The molecule has 98 valence electrons. The van der Waals surface area contributed by atoms with Gasteiger partial charge in [0, 0.05) is 12.0 Å². The smallest absolute Gasteiger partial charge is 0.334 e. The van der Waals surface area contributed by atoms with Crippen LogP contribution in [0.5, 0.6) is 0 Å². The van der Waals surface area contributed by atoms with Crippen LogP contribution in [0.15, 0.2) is 23.8 Å². The first-order chi connectivity index (χ1) is 8.58. The van der Waals surface area contributed by atoms with Crippen LogP contribution in [0.2, 0.25) is 0 Å². The van der Waals surface area contributed by atoms with Crippen LogP contribution in [0.3, 0.4) is 0 Å².